The molecule has 1 aliphatic heterocycles. The third-order valence-corrected chi connectivity index (χ3v) is 4.03. The fourth-order valence-corrected chi connectivity index (χ4v) is 2.75. The molecule has 0 aliphatic carbocycles. The quantitative estimate of drug-likeness (QED) is 0.497. The Hall–Kier alpha value is -3.71. The third kappa shape index (κ3) is 3.51. The average molecular weight is 431 g/mol. The monoisotopic (exact) mass is 431 g/mol. The number of rotatable bonds is 4. The first-order chi connectivity index (χ1) is 14.1. The van der Waals surface area contributed by atoms with Crippen molar-refractivity contribution in [3.8, 4) is 11.5 Å². The van der Waals surface area contributed by atoms with Crippen LogP contribution in [0.15, 0.2) is 30.6 Å². The molecule has 0 fully saturated rings. The van der Waals surface area contributed by atoms with Crippen LogP contribution in [0.3, 0.4) is 0 Å². The van der Waals surface area contributed by atoms with Gasteiger partial charge in [0.25, 0.3) is 5.78 Å². The molecule has 1 N–H and O–H groups in total. The van der Waals surface area contributed by atoms with E-state index in [0.717, 1.165) is 30.1 Å². The number of aromatic nitrogens is 4. The van der Waals surface area contributed by atoms with Gasteiger partial charge in [0.1, 0.15) is 12.1 Å². The van der Waals surface area contributed by atoms with Gasteiger partial charge >= 0.3 is 18.4 Å². The summed E-state index contributed by atoms with van der Waals surface area (Å²) in [5.41, 5.74) is -1.22. The second-order valence-corrected chi connectivity index (χ2v) is 5.97. The molecule has 3 heterocycles. The zero-order valence-corrected chi connectivity index (χ0v) is 14.8. The maximum absolute atomic E-state index is 13.3. The molecule has 9 nitrogen and oxygen atoms in total. The summed E-state index contributed by atoms with van der Waals surface area (Å²) in [6, 6.07) is 2.67. The van der Waals surface area contributed by atoms with Crippen molar-refractivity contribution in [1.29, 1.82) is 0 Å². The summed E-state index contributed by atoms with van der Waals surface area (Å²) in [5.74, 6) is -2.21. The van der Waals surface area contributed by atoms with Gasteiger partial charge in [-0.05, 0) is 17.7 Å². The van der Waals surface area contributed by atoms with E-state index in [2.05, 4.69) is 34.6 Å². The molecule has 0 saturated heterocycles. The summed E-state index contributed by atoms with van der Waals surface area (Å²) in [6.07, 6.45) is -7.70. The Balaban J connectivity index is 1.76. The lowest BCUT2D eigenvalue weighted by Gasteiger charge is -2.19. The summed E-state index contributed by atoms with van der Waals surface area (Å²) in [6.45, 7) is 0. The lowest BCUT2D eigenvalue weighted by molar-refractivity contribution is -0.286. The van der Waals surface area contributed by atoms with E-state index in [1.807, 2.05) is 0 Å². The minimum atomic E-state index is -4.80. The molecule has 1 atom stereocenters. The summed E-state index contributed by atoms with van der Waals surface area (Å²) in [7, 11) is 1.05. The molecule has 1 aliphatic rings. The predicted molar refractivity (Wildman–Crippen MR) is 86.8 cm³/mol. The number of nitrogens with zero attached hydrogens (tertiary/aromatic N) is 4. The predicted octanol–water partition coefficient (Wildman–Crippen LogP) is 2.79. The molecule has 2 aromatic heterocycles. The molecule has 0 saturated carbocycles. The van der Waals surface area contributed by atoms with Crippen molar-refractivity contribution in [2.24, 2.45) is 0 Å². The highest BCUT2D eigenvalue weighted by molar-refractivity contribution is 5.81. The van der Waals surface area contributed by atoms with E-state index in [1.165, 1.54) is 6.07 Å². The van der Waals surface area contributed by atoms with Gasteiger partial charge in [0, 0.05) is 6.07 Å². The van der Waals surface area contributed by atoms with E-state index >= 15 is 0 Å². The van der Waals surface area contributed by atoms with Crippen LogP contribution in [0.4, 0.5) is 27.8 Å². The van der Waals surface area contributed by atoms with Gasteiger partial charge in [-0.25, -0.2) is 9.78 Å². The highest BCUT2D eigenvalue weighted by atomic mass is 19.4. The van der Waals surface area contributed by atoms with Crippen LogP contribution in [0.5, 0.6) is 11.5 Å². The minimum absolute atomic E-state index is 0.0561. The zero-order valence-electron chi connectivity index (χ0n) is 14.8. The Bertz CT molecular complexity index is 1130. The molecule has 1 aromatic carbocycles. The number of ether oxygens (including phenoxy) is 3. The normalized spacial score (nSPS) is 15.8. The Labute approximate surface area is 163 Å². The smallest absolute Gasteiger partial charge is 0.467 e. The van der Waals surface area contributed by atoms with Gasteiger partial charge in [-0.2, -0.15) is 27.8 Å². The molecule has 4 rings (SSSR count). The van der Waals surface area contributed by atoms with Gasteiger partial charge in [0.2, 0.25) is 0 Å². The molecule has 1 unspecified atom stereocenters. The van der Waals surface area contributed by atoms with Crippen molar-refractivity contribution in [3.05, 3.63) is 41.9 Å². The van der Waals surface area contributed by atoms with E-state index in [4.69, 9.17) is 0 Å². The first kappa shape index (κ1) is 19.6. The van der Waals surface area contributed by atoms with Crippen LogP contribution in [0.2, 0.25) is 0 Å². The minimum Gasteiger partial charge on any atom is -0.467 e. The van der Waals surface area contributed by atoms with Crippen molar-refractivity contribution in [1.82, 2.24) is 19.6 Å². The number of benzene rings is 1. The first-order valence-electron chi connectivity index (χ1n) is 8.09. The molecule has 30 heavy (non-hydrogen) atoms. The lowest BCUT2D eigenvalue weighted by Crippen LogP contribution is -2.26. The van der Waals surface area contributed by atoms with Crippen LogP contribution < -0.4 is 14.8 Å². The van der Waals surface area contributed by atoms with E-state index in [9.17, 15) is 26.7 Å². The zero-order chi connectivity index (χ0) is 21.7. The lowest BCUT2D eigenvalue weighted by atomic mass is 10.1. The Morgan fingerprint density at radius 1 is 1.23 bits per heavy atom. The molecule has 14 heteroatoms. The number of fused-ring (bicyclic) bond motifs is 2. The van der Waals surface area contributed by atoms with Crippen LogP contribution in [-0.4, -0.2) is 39.0 Å². The van der Waals surface area contributed by atoms with Gasteiger partial charge in [-0.15, -0.1) is 8.78 Å². The highest BCUT2D eigenvalue weighted by Gasteiger charge is 2.44. The Morgan fingerprint density at radius 3 is 2.67 bits per heavy atom. The number of anilines is 1. The van der Waals surface area contributed by atoms with Crippen LogP contribution in [0, 0.1) is 0 Å². The number of nitrogens with one attached hydrogen (secondary N) is 1. The Kier molecular flexibility index (Phi) is 4.36. The number of halogens is 5. The van der Waals surface area contributed by atoms with E-state index < -0.39 is 30.2 Å². The van der Waals surface area contributed by atoms with Crippen LogP contribution in [-0.2, 0) is 15.7 Å². The van der Waals surface area contributed by atoms with Crippen molar-refractivity contribution in [2.45, 2.75) is 18.5 Å². The molecular weight excluding hydrogens is 421 g/mol. The second kappa shape index (κ2) is 6.67. The number of alkyl halides is 5. The summed E-state index contributed by atoms with van der Waals surface area (Å²) in [5, 5.41) is 6.33. The van der Waals surface area contributed by atoms with E-state index in [0.29, 0.717) is 6.07 Å². The van der Waals surface area contributed by atoms with E-state index in [1.54, 1.807) is 0 Å². The average Bonchev–Trinajstić information content (AvgIpc) is 3.26. The first-order valence-corrected chi connectivity index (χ1v) is 8.09. The van der Waals surface area contributed by atoms with E-state index in [-0.39, 0.29) is 28.7 Å². The molecular formula is C16H10F5N5O4. The number of hydrogen-bond acceptors (Lipinski definition) is 8. The van der Waals surface area contributed by atoms with Crippen molar-refractivity contribution in [2.75, 3.05) is 12.4 Å². The fraction of sp³-hybridized carbons (Fsp3) is 0.250. The third-order valence-electron chi connectivity index (χ3n) is 4.03. The van der Waals surface area contributed by atoms with Gasteiger partial charge < -0.3 is 19.5 Å². The van der Waals surface area contributed by atoms with Gasteiger partial charge in [0.15, 0.2) is 23.2 Å². The maximum atomic E-state index is 13.3. The number of methoxy groups -OCH3 is 1. The van der Waals surface area contributed by atoms with Gasteiger partial charge in [0.05, 0.1) is 7.11 Å². The number of carbonyl (C=O) groups is 1. The summed E-state index contributed by atoms with van der Waals surface area (Å²) in [4.78, 5) is 19.3. The topological polar surface area (TPSA) is 99.9 Å². The standard InChI is InChI=1S/C16H10F5N5O4/c1-28-13(27)12(7-2-3-8-9(4-7)30-16(20,21)29-8)25-11-5-10(15(17,18)19)24-14-22-6-23-26(11)14/h2-6,12,25H,1H3. The van der Waals surface area contributed by atoms with Gasteiger partial charge in [-0.1, -0.05) is 6.07 Å². The molecule has 0 radical (unpaired) electrons. The molecule has 158 valence electrons. The number of esters is 1. The van der Waals surface area contributed by atoms with Crippen molar-refractivity contribution < 1.29 is 41.0 Å². The molecule has 0 amide bonds. The summed E-state index contributed by atoms with van der Waals surface area (Å²) >= 11 is 0. The Morgan fingerprint density at radius 2 is 1.97 bits per heavy atom. The maximum Gasteiger partial charge on any atom is 0.586 e. The van der Waals surface area contributed by atoms with Crippen molar-refractivity contribution in [3.63, 3.8) is 0 Å². The van der Waals surface area contributed by atoms with Crippen molar-refractivity contribution >= 4 is 17.6 Å². The second-order valence-electron chi connectivity index (χ2n) is 5.97. The fourth-order valence-electron chi connectivity index (χ4n) is 2.75. The van der Waals surface area contributed by atoms with Crippen LogP contribution in [0.1, 0.15) is 17.3 Å². The number of hydrogen-bond donors (Lipinski definition) is 1. The number of carbonyl (C=O) groups excluding carboxylic acids is 1. The molecule has 0 spiro atoms. The van der Waals surface area contributed by atoms with Crippen LogP contribution >= 0.6 is 0 Å². The highest BCUT2D eigenvalue weighted by Crippen LogP contribution is 2.42. The molecule has 0 bridgehead atoms. The van der Waals surface area contributed by atoms with Gasteiger partial charge in [-0.3, -0.25) is 0 Å². The molecule has 3 aromatic rings. The van der Waals surface area contributed by atoms with Crippen LogP contribution in [0.25, 0.3) is 5.78 Å². The largest absolute Gasteiger partial charge is 0.586 e. The SMILES string of the molecule is COC(=O)C(Nc1cc(C(F)(F)F)nc2ncnn12)c1ccc2c(c1)OC(F)(F)O2. The summed E-state index contributed by atoms with van der Waals surface area (Å²) < 4.78 is 80.3.